The summed E-state index contributed by atoms with van der Waals surface area (Å²) in [6.07, 6.45) is 5.50. The Bertz CT molecular complexity index is 98.0. The van der Waals surface area contributed by atoms with E-state index in [9.17, 15) is 0 Å². The molecule has 0 unspecified atom stereocenters. The smallest absolute Gasteiger partial charge is 0.0389 e. The van der Waals surface area contributed by atoms with Crippen LogP contribution in [-0.4, -0.2) is 31.1 Å². The number of nitrogens with zero attached hydrogens (tertiary/aromatic N) is 1. The monoisotopic (exact) mass is 169 g/mol. The van der Waals surface area contributed by atoms with Crippen molar-refractivity contribution in [2.75, 3.05) is 26.2 Å². The van der Waals surface area contributed by atoms with Crippen LogP contribution in [0.25, 0.3) is 0 Å². The molecule has 0 bridgehead atoms. The van der Waals surface area contributed by atoms with Crippen LogP contribution in [0.1, 0.15) is 32.6 Å². The van der Waals surface area contributed by atoms with Gasteiger partial charge in [0.05, 0.1) is 0 Å². The molecule has 0 aliphatic carbocycles. The first-order valence-electron chi connectivity index (χ1n) is 5.21. The summed E-state index contributed by atoms with van der Waals surface area (Å²) < 4.78 is 0. The van der Waals surface area contributed by atoms with Gasteiger partial charge < -0.3 is 5.32 Å². The maximum atomic E-state index is 3.32. The second-order valence-corrected chi connectivity index (χ2v) is 3.48. The van der Waals surface area contributed by atoms with Crippen LogP contribution in [0.3, 0.4) is 0 Å². The van der Waals surface area contributed by atoms with Crippen LogP contribution >= 0.6 is 0 Å². The standard InChI is InChI=1S/C10H21N2/c1-2-3-4-5-8-12-9-6-11-7-10-12/h9,11H,2-8,10H2,1H3. The average Bonchev–Trinajstić information content (AvgIpc) is 2.14. The highest BCUT2D eigenvalue weighted by Crippen LogP contribution is 2.03. The van der Waals surface area contributed by atoms with Gasteiger partial charge in [-0.3, -0.25) is 4.90 Å². The van der Waals surface area contributed by atoms with Crippen molar-refractivity contribution in [2.45, 2.75) is 32.6 Å². The van der Waals surface area contributed by atoms with Crippen molar-refractivity contribution in [2.24, 2.45) is 0 Å². The lowest BCUT2D eigenvalue weighted by Gasteiger charge is -2.26. The van der Waals surface area contributed by atoms with Gasteiger partial charge in [-0.25, -0.2) is 0 Å². The van der Waals surface area contributed by atoms with Crippen LogP contribution in [-0.2, 0) is 0 Å². The fraction of sp³-hybridized carbons (Fsp3) is 0.900. The van der Waals surface area contributed by atoms with Gasteiger partial charge in [0, 0.05) is 26.2 Å². The molecular formula is C10H21N2. The molecule has 1 saturated heterocycles. The van der Waals surface area contributed by atoms with Crippen molar-refractivity contribution in [1.82, 2.24) is 10.2 Å². The van der Waals surface area contributed by atoms with Gasteiger partial charge in [-0.15, -0.1) is 0 Å². The molecule has 1 rings (SSSR count). The predicted octanol–water partition coefficient (Wildman–Crippen LogP) is 1.63. The van der Waals surface area contributed by atoms with Crippen molar-refractivity contribution in [3.63, 3.8) is 0 Å². The molecule has 0 amide bonds. The van der Waals surface area contributed by atoms with Crippen molar-refractivity contribution in [3.05, 3.63) is 6.54 Å². The summed E-state index contributed by atoms with van der Waals surface area (Å²) in [4.78, 5) is 2.45. The van der Waals surface area contributed by atoms with Crippen LogP contribution in [0.15, 0.2) is 0 Å². The van der Waals surface area contributed by atoms with Gasteiger partial charge in [-0.05, 0) is 13.0 Å². The van der Waals surface area contributed by atoms with E-state index in [0.29, 0.717) is 0 Å². The van der Waals surface area contributed by atoms with Crippen LogP contribution in [0.2, 0.25) is 0 Å². The number of unbranched alkanes of at least 4 members (excludes halogenated alkanes) is 3. The number of rotatable bonds is 5. The maximum Gasteiger partial charge on any atom is 0.0389 e. The molecule has 1 aliphatic rings. The normalized spacial score (nSPS) is 19.8. The predicted molar refractivity (Wildman–Crippen MR) is 52.9 cm³/mol. The third-order valence-corrected chi connectivity index (χ3v) is 2.37. The summed E-state index contributed by atoms with van der Waals surface area (Å²) in [5.74, 6) is 0. The first-order valence-corrected chi connectivity index (χ1v) is 5.21. The first-order chi connectivity index (χ1) is 5.93. The fourth-order valence-electron chi connectivity index (χ4n) is 1.55. The molecule has 0 aromatic rings. The SMILES string of the molecule is CCCCCCN1[CH]CNCC1. The molecule has 1 fully saturated rings. The molecule has 0 saturated carbocycles. The highest BCUT2D eigenvalue weighted by atomic mass is 15.2. The van der Waals surface area contributed by atoms with Crippen LogP contribution < -0.4 is 5.32 Å². The van der Waals surface area contributed by atoms with Gasteiger partial charge in [0.1, 0.15) is 0 Å². The second-order valence-electron chi connectivity index (χ2n) is 3.48. The Balaban J connectivity index is 1.91. The van der Waals surface area contributed by atoms with E-state index in [2.05, 4.69) is 23.7 Å². The largest absolute Gasteiger partial charge is 0.314 e. The molecule has 1 N–H and O–H groups in total. The van der Waals surface area contributed by atoms with E-state index >= 15 is 0 Å². The van der Waals surface area contributed by atoms with E-state index in [-0.39, 0.29) is 0 Å². The molecular weight excluding hydrogens is 148 g/mol. The molecule has 0 aromatic carbocycles. The number of piperazine rings is 1. The van der Waals surface area contributed by atoms with E-state index < -0.39 is 0 Å². The molecule has 0 aromatic heterocycles. The Morgan fingerprint density at radius 2 is 2.25 bits per heavy atom. The third-order valence-electron chi connectivity index (χ3n) is 2.37. The third kappa shape index (κ3) is 4.07. The van der Waals surface area contributed by atoms with Gasteiger partial charge in [-0.2, -0.15) is 0 Å². The van der Waals surface area contributed by atoms with Crippen LogP contribution in [0, 0.1) is 6.54 Å². The van der Waals surface area contributed by atoms with Crippen LogP contribution in [0.4, 0.5) is 0 Å². The van der Waals surface area contributed by atoms with Crippen LogP contribution in [0.5, 0.6) is 0 Å². The van der Waals surface area contributed by atoms with Gasteiger partial charge in [0.2, 0.25) is 0 Å². The van der Waals surface area contributed by atoms with Crippen molar-refractivity contribution >= 4 is 0 Å². The van der Waals surface area contributed by atoms with Gasteiger partial charge >= 0.3 is 0 Å². The van der Waals surface area contributed by atoms with Gasteiger partial charge in [-0.1, -0.05) is 26.2 Å². The quantitative estimate of drug-likeness (QED) is 0.629. The number of hydrogen-bond donors (Lipinski definition) is 1. The maximum absolute atomic E-state index is 3.32. The highest BCUT2D eigenvalue weighted by molar-refractivity contribution is 4.77. The molecule has 1 aliphatic heterocycles. The summed E-state index contributed by atoms with van der Waals surface area (Å²) in [7, 11) is 0. The zero-order valence-electron chi connectivity index (χ0n) is 8.18. The summed E-state index contributed by atoms with van der Waals surface area (Å²) in [6.45, 7) is 9.23. The fourth-order valence-corrected chi connectivity index (χ4v) is 1.55. The second kappa shape index (κ2) is 6.44. The molecule has 71 valence electrons. The van der Waals surface area contributed by atoms with E-state index in [1.807, 2.05) is 0 Å². The summed E-state index contributed by atoms with van der Waals surface area (Å²) in [6, 6.07) is 0. The lowest BCUT2D eigenvalue weighted by atomic mass is 10.2. The number of hydrogen-bond acceptors (Lipinski definition) is 2. The molecule has 2 heteroatoms. The topological polar surface area (TPSA) is 15.3 Å². The summed E-state index contributed by atoms with van der Waals surface area (Å²) >= 11 is 0. The molecule has 2 nitrogen and oxygen atoms in total. The van der Waals surface area contributed by atoms with E-state index in [1.54, 1.807) is 0 Å². The van der Waals surface area contributed by atoms with Crippen molar-refractivity contribution in [3.8, 4) is 0 Å². The Morgan fingerprint density at radius 1 is 1.33 bits per heavy atom. The van der Waals surface area contributed by atoms with E-state index in [4.69, 9.17) is 0 Å². The molecule has 1 radical (unpaired) electrons. The molecule has 0 atom stereocenters. The lowest BCUT2D eigenvalue weighted by molar-refractivity contribution is 0.286. The number of nitrogens with one attached hydrogen (secondary N) is 1. The Morgan fingerprint density at radius 3 is 2.92 bits per heavy atom. The van der Waals surface area contributed by atoms with E-state index in [1.165, 1.54) is 38.8 Å². The summed E-state index contributed by atoms with van der Waals surface area (Å²) in [5.41, 5.74) is 0. The minimum atomic E-state index is 1.06. The minimum Gasteiger partial charge on any atom is -0.314 e. The Kier molecular flexibility index (Phi) is 5.37. The Hall–Kier alpha value is -0.0800. The molecule has 1 heterocycles. The minimum absolute atomic E-state index is 1.06. The lowest BCUT2D eigenvalue weighted by Crippen LogP contribution is -2.40. The molecule has 0 spiro atoms. The van der Waals surface area contributed by atoms with Crippen molar-refractivity contribution in [1.29, 1.82) is 0 Å². The van der Waals surface area contributed by atoms with E-state index in [0.717, 1.165) is 13.1 Å². The highest BCUT2D eigenvalue weighted by Gasteiger charge is 2.08. The summed E-state index contributed by atoms with van der Waals surface area (Å²) in [5, 5.41) is 3.32. The van der Waals surface area contributed by atoms with Gasteiger partial charge in [0.15, 0.2) is 0 Å². The first kappa shape index (κ1) is 10.0. The Labute approximate surface area is 76.3 Å². The van der Waals surface area contributed by atoms with Crippen molar-refractivity contribution < 1.29 is 0 Å². The zero-order valence-corrected chi connectivity index (χ0v) is 8.18. The average molecular weight is 169 g/mol. The zero-order chi connectivity index (χ0) is 8.65. The molecule has 12 heavy (non-hydrogen) atoms. The van der Waals surface area contributed by atoms with Gasteiger partial charge in [0.25, 0.3) is 0 Å².